The molecule has 22 heavy (non-hydrogen) atoms. The van der Waals surface area contributed by atoms with E-state index in [1.165, 1.54) is 47.9 Å². The van der Waals surface area contributed by atoms with Gasteiger partial charge in [0, 0.05) is 5.56 Å². The molecule has 0 aliphatic heterocycles. The number of nitrogens with zero attached hydrogens (tertiary/aromatic N) is 1. The Morgan fingerprint density at radius 1 is 0.955 bits per heavy atom. The van der Waals surface area contributed by atoms with Crippen molar-refractivity contribution in [3.8, 4) is 11.1 Å². The lowest BCUT2D eigenvalue weighted by Crippen LogP contribution is -1.91. The second-order valence-corrected chi connectivity index (χ2v) is 6.08. The zero-order chi connectivity index (χ0) is 14.9. The second kappa shape index (κ2) is 5.45. The zero-order valence-corrected chi connectivity index (χ0v) is 12.9. The number of hydrogen-bond donors (Lipinski definition) is 1. The van der Waals surface area contributed by atoms with E-state index in [9.17, 15) is 0 Å². The van der Waals surface area contributed by atoms with E-state index < -0.39 is 0 Å². The van der Waals surface area contributed by atoms with E-state index in [-0.39, 0.29) is 0 Å². The van der Waals surface area contributed by atoms with Gasteiger partial charge < -0.3 is 4.98 Å². The van der Waals surface area contributed by atoms with E-state index in [1.807, 2.05) is 6.92 Å². The number of aromatic nitrogens is 2. The number of allylic oxidation sites excluding steroid dienone is 2. The molecule has 0 saturated carbocycles. The average Bonchev–Trinajstić information content (AvgIpc) is 2.96. The molecule has 2 heteroatoms. The number of aryl methyl sites for hydroxylation is 1. The predicted molar refractivity (Wildman–Crippen MR) is 92.7 cm³/mol. The van der Waals surface area contributed by atoms with Crippen LogP contribution in [0.2, 0.25) is 0 Å². The first-order valence-corrected chi connectivity index (χ1v) is 8.06. The summed E-state index contributed by atoms with van der Waals surface area (Å²) in [5.41, 5.74) is 7.47. The van der Waals surface area contributed by atoms with Crippen molar-refractivity contribution in [3.63, 3.8) is 0 Å². The fraction of sp³-hybridized carbons (Fsp3) is 0.250. The molecule has 0 radical (unpaired) electrons. The van der Waals surface area contributed by atoms with Gasteiger partial charge in [-0.05, 0) is 55.4 Å². The number of H-pyrrole nitrogens is 1. The van der Waals surface area contributed by atoms with Crippen LogP contribution in [0.4, 0.5) is 0 Å². The van der Waals surface area contributed by atoms with Crippen LogP contribution in [0.1, 0.15) is 37.1 Å². The quantitative estimate of drug-likeness (QED) is 0.663. The Kier molecular flexibility index (Phi) is 3.30. The van der Waals surface area contributed by atoms with Gasteiger partial charge in [0.05, 0.1) is 11.0 Å². The largest absolute Gasteiger partial charge is 0.342 e. The van der Waals surface area contributed by atoms with Gasteiger partial charge in [-0.1, -0.05) is 42.5 Å². The van der Waals surface area contributed by atoms with E-state index in [0.717, 1.165) is 16.9 Å². The number of aromatic amines is 1. The van der Waals surface area contributed by atoms with E-state index in [2.05, 4.69) is 58.5 Å². The third kappa shape index (κ3) is 2.35. The van der Waals surface area contributed by atoms with Gasteiger partial charge in [-0.25, -0.2) is 4.98 Å². The van der Waals surface area contributed by atoms with E-state index in [4.69, 9.17) is 0 Å². The Balaban J connectivity index is 1.74. The van der Waals surface area contributed by atoms with Gasteiger partial charge in [0.15, 0.2) is 0 Å². The summed E-state index contributed by atoms with van der Waals surface area (Å²) in [6, 6.07) is 15.3. The third-order valence-electron chi connectivity index (χ3n) is 4.49. The summed E-state index contributed by atoms with van der Waals surface area (Å²) in [4.78, 5) is 7.95. The molecule has 0 fully saturated rings. The van der Waals surface area contributed by atoms with Crippen LogP contribution in [0.15, 0.2) is 48.5 Å². The van der Waals surface area contributed by atoms with Crippen LogP contribution in [0.25, 0.3) is 27.7 Å². The molecule has 3 aromatic rings. The smallest absolute Gasteiger partial charge is 0.104 e. The van der Waals surface area contributed by atoms with Gasteiger partial charge in [0.2, 0.25) is 0 Å². The molecule has 1 aromatic heterocycles. The van der Waals surface area contributed by atoms with Crippen molar-refractivity contribution in [2.75, 3.05) is 0 Å². The summed E-state index contributed by atoms with van der Waals surface area (Å²) in [7, 11) is 0. The Morgan fingerprint density at radius 3 is 2.55 bits per heavy atom. The third-order valence-corrected chi connectivity index (χ3v) is 4.49. The van der Waals surface area contributed by atoms with Crippen molar-refractivity contribution in [1.29, 1.82) is 0 Å². The normalized spacial score (nSPS) is 15.0. The molecule has 0 atom stereocenters. The first-order valence-electron chi connectivity index (χ1n) is 8.06. The number of imidazole rings is 1. The Morgan fingerprint density at radius 2 is 1.77 bits per heavy atom. The minimum Gasteiger partial charge on any atom is -0.342 e. The molecule has 1 heterocycles. The molecule has 4 rings (SSSR count). The predicted octanol–water partition coefficient (Wildman–Crippen LogP) is 5.50. The molecular weight excluding hydrogens is 268 g/mol. The Hall–Kier alpha value is -2.35. The van der Waals surface area contributed by atoms with Crippen molar-refractivity contribution < 1.29 is 0 Å². The molecule has 0 bridgehead atoms. The van der Waals surface area contributed by atoms with Gasteiger partial charge >= 0.3 is 0 Å². The number of fused-ring (bicyclic) bond motifs is 1. The highest BCUT2D eigenvalue weighted by atomic mass is 14.9. The van der Waals surface area contributed by atoms with Crippen molar-refractivity contribution in [3.05, 3.63) is 59.9 Å². The number of benzene rings is 2. The van der Waals surface area contributed by atoms with E-state index in [1.54, 1.807) is 0 Å². The number of rotatable bonds is 2. The highest BCUT2D eigenvalue weighted by Crippen LogP contribution is 2.31. The number of para-hydroxylation sites is 1. The molecule has 1 aliphatic rings. The van der Waals surface area contributed by atoms with E-state index in [0.29, 0.717) is 0 Å². The summed E-state index contributed by atoms with van der Waals surface area (Å²) in [5, 5.41) is 0. The molecule has 0 spiro atoms. The maximum Gasteiger partial charge on any atom is 0.104 e. The summed E-state index contributed by atoms with van der Waals surface area (Å²) in [6.07, 6.45) is 7.49. The van der Waals surface area contributed by atoms with Crippen LogP contribution < -0.4 is 0 Å². The first-order chi connectivity index (χ1) is 10.8. The topological polar surface area (TPSA) is 28.7 Å². The van der Waals surface area contributed by atoms with Crippen LogP contribution in [0.3, 0.4) is 0 Å². The van der Waals surface area contributed by atoms with Gasteiger partial charge in [-0.2, -0.15) is 0 Å². The van der Waals surface area contributed by atoms with Crippen LogP contribution >= 0.6 is 0 Å². The molecule has 0 unspecified atom stereocenters. The second-order valence-electron chi connectivity index (χ2n) is 6.08. The molecule has 2 nitrogen and oxygen atoms in total. The lowest BCUT2D eigenvalue weighted by atomic mass is 9.92. The number of hydrogen-bond acceptors (Lipinski definition) is 1. The highest BCUT2D eigenvalue weighted by Gasteiger charge is 2.09. The van der Waals surface area contributed by atoms with Crippen molar-refractivity contribution in [2.24, 2.45) is 0 Å². The van der Waals surface area contributed by atoms with Crippen LogP contribution in [-0.4, -0.2) is 9.97 Å². The molecule has 110 valence electrons. The maximum atomic E-state index is 4.63. The lowest BCUT2D eigenvalue weighted by molar-refractivity contribution is 0.742. The van der Waals surface area contributed by atoms with Crippen LogP contribution in [0.5, 0.6) is 0 Å². The minimum absolute atomic E-state index is 0.964. The highest BCUT2D eigenvalue weighted by molar-refractivity contribution is 5.92. The fourth-order valence-electron chi connectivity index (χ4n) is 3.35. The molecule has 2 aromatic carbocycles. The SMILES string of the molecule is Cc1nc2c(-c3ccc(C4=CCCCC4)cc3)cccc2[nH]1. The molecule has 1 N–H and O–H groups in total. The first kappa shape index (κ1) is 13.3. The van der Waals surface area contributed by atoms with Crippen molar-refractivity contribution >= 4 is 16.6 Å². The van der Waals surface area contributed by atoms with Crippen LogP contribution in [-0.2, 0) is 0 Å². The zero-order valence-electron chi connectivity index (χ0n) is 12.9. The van der Waals surface area contributed by atoms with Gasteiger partial charge in [-0.3, -0.25) is 0 Å². The Labute approximate surface area is 130 Å². The lowest BCUT2D eigenvalue weighted by Gasteiger charge is -2.13. The summed E-state index contributed by atoms with van der Waals surface area (Å²) in [5.74, 6) is 0.964. The van der Waals surface area contributed by atoms with Crippen molar-refractivity contribution in [1.82, 2.24) is 9.97 Å². The molecular formula is C20H20N2. The number of nitrogens with one attached hydrogen (secondary N) is 1. The van der Waals surface area contributed by atoms with E-state index >= 15 is 0 Å². The summed E-state index contributed by atoms with van der Waals surface area (Å²) >= 11 is 0. The maximum absolute atomic E-state index is 4.63. The standard InChI is InChI=1S/C20H20N2/c1-14-21-19-9-5-8-18(20(19)22-14)17-12-10-16(11-13-17)15-6-3-2-4-7-15/h5-6,8-13H,2-4,7H2,1H3,(H,21,22). The summed E-state index contributed by atoms with van der Waals surface area (Å²) in [6.45, 7) is 2.00. The fourth-order valence-corrected chi connectivity index (χ4v) is 3.35. The van der Waals surface area contributed by atoms with Crippen LogP contribution in [0, 0.1) is 6.92 Å². The van der Waals surface area contributed by atoms with Gasteiger partial charge in [0.1, 0.15) is 5.82 Å². The molecule has 1 aliphatic carbocycles. The monoisotopic (exact) mass is 288 g/mol. The van der Waals surface area contributed by atoms with Crippen molar-refractivity contribution in [2.45, 2.75) is 32.6 Å². The van der Waals surface area contributed by atoms with Gasteiger partial charge in [-0.15, -0.1) is 0 Å². The molecule has 0 saturated heterocycles. The molecule has 0 amide bonds. The van der Waals surface area contributed by atoms with Gasteiger partial charge in [0.25, 0.3) is 0 Å². The minimum atomic E-state index is 0.964. The average molecular weight is 288 g/mol. The summed E-state index contributed by atoms with van der Waals surface area (Å²) < 4.78 is 0. The Bertz CT molecular complexity index is 838.